The summed E-state index contributed by atoms with van der Waals surface area (Å²) in [6.45, 7) is 1.72. The Morgan fingerprint density at radius 3 is 2.57 bits per heavy atom. The molecular weight excluding hydrogens is 403 g/mol. The van der Waals surface area contributed by atoms with Crippen LogP contribution in [0.25, 0.3) is 10.4 Å². The second-order valence-electron chi connectivity index (χ2n) is 7.77. The van der Waals surface area contributed by atoms with Crippen LogP contribution in [0.1, 0.15) is 34.1 Å². The highest BCUT2D eigenvalue weighted by molar-refractivity contribution is 7.15. The lowest BCUT2D eigenvalue weighted by Gasteiger charge is -2.36. The zero-order valence-electron chi connectivity index (χ0n) is 16.7. The van der Waals surface area contributed by atoms with Gasteiger partial charge in [-0.2, -0.15) is 0 Å². The van der Waals surface area contributed by atoms with Gasteiger partial charge in [-0.1, -0.05) is 30.3 Å². The lowest BCUT2D eigenvalue weighted by Crippen LogP contribution is -2.47. The molecule has 2 heterocycles. The number of hydrogen-bond donors (Lipinski definition) is 3. The molecule has 4 rings (SSSR count). The number of ether oxygens (including phenoxy) is 1. The summed E-state index contributed by atoms with van der Waals surface area (Å²) in [6, 6.07) is 16.7. The Balaban J connectivity index is 1.54. The van der Waals surface area contributed by atoms with Gasteiger partial charge in [-0.3, -0.25) is 0 Å². The second kappa shape index (κ2) is 8.96. The lowest BCUT2D eigenvalue weighted by atomic mass is 9.92. The predicted molar refractivity (Wildman–Crippen MR) is 115 cm³/mol. The standard InChI is InChI=1S/C24H25FO4S/c1-14-2-3-16(21-12-20(27)24(28)22(13-26)29-21)10-17(14)11-19-8-9-23(30-19)15-4-6-18(25)7-5-15/h2-10,20-22,24,26-28H,11-13H2,1H3/t20?,21-,22?,24+/m1/s1. The first-order valence-electron chi connectivity index (χ1n) is 10.0. The van der Waals surface area contributed by atoms with E-state index in [4.69, 9.17) is 4.74 Å². The molecule has 2 aromatic carbocycles. The summed E-state index contributed by atoms with van der Waals surface area (Å²) in [7, 11) is 0. The normalized spacial score (nSPS) is 24.2. The van der Waals surface area contributed by atoms with Crippen molar-refractivity contribution < 1.29 is 24.4 Å². The van der Waals surface area contributed by atoms with E-state index < -0.39 is 18.3 Å². The van der Waals surface area contributed by atoms with Crippen molar-refractivity contribution in [2.24, 2.45) is 0 Å². The maximum Gasteiger partial charge on any atom is 0.123 e. The zero-order valence-corrected chi connectivity index (χ0v) is 17.5. The van der Waals surface area contributed by atoms with E-state index in [1.807, 2.05) is 12.1 Å². The summed E-state index contributed by atoms with van der Waals surface area (Å²) in [5.74, 6) is -0.242. The maximum absolute atomic E-state index is 13.2. The van der Waals surface area contributed by atoms with Crippen LogP contribution in [0.15, 0.2) is 54.6 Å². The third-order valence-electron chi connectivity index (χ3n) is 5.65. The fraction of sp³-hybridized carbons (Fsp3) is 0.333. The number of halogens is 1. The molecule has 0 spiro atoms. The first kappa shape index (κ1) is 21.2. The van der Waals surface area contributed by atoms with Crippen molar-refractivity contribution in [2.75, 3.05) is 6.61 Å². The third kappa shape index (κ3) is 4.48. The Labute approximate surface area is 179 Å². The molecule has 0 radical (unpaired) electrons. The maximum atomic E-state index is 13.2. The van der Waals surface area contributed by atoms with Crippen molar-refractivity contribution in [3.8, 4) is 10.4 Å². The van der Waals surface area contributed by atoms with Crippen molar-refractivity contribution in [1.29, 1.82) is 0 Å². The van der Waals surface area contributed by atoms with E-state index >= 15 is 0 Å². The van der Waals surface area contributed by atoms with Gasteiger partial charge in [0, 0.05) is 22.6 Å². The van der Waals surface area contributed by atoms with E-state index in [1.54, 1.807) is 23.5 Å². The molecule has 0 amide bonds. The molecule has 158 valence electrons. The number of aliphatic hydroxyl groups is 3. The van der Waals surface area contributed by atoms with Gasteiger partial charge in [0.05, 0.1) is 18.8 Å². The van der Waals surface area contributed by atoms with E-state index in [-0.39, 0.29) is 24.9 Å². The number of aliphatic hydroxyl groups excluding tert-OH is 3. The molecule has 1 saturated heterocycles. The van der Waals surface area contributed by atoms with Crippen molar-refractivity contribution in [2.45, 2.75) is 44.2 Å². The van der Waals surface area contributed by atoms with E-state index in [1.165, 1.54) is 17.0 Å². The molecule has 1 aliphatic heterocycles. The first-order valence-corrected chi connectivity index (χ1v) is 10.8. The molecular formula is C24H25FO4S. The quantitative estimate of drug-likeness (QED) is 0.575. The minimum absolute atomic E-state index is 0.242. The number of benzene rings is 2. The molecule has 2 unspecified atom stereocenters. The predicted octanol–water partition coefficient (Wildman–Crippen LogP) is 4.00. The zero-order chi connectivity index (χ0) is 21.3. The lowest BCUT2D eigenvalue weighted by molar-refractivity contribution is -0.181. The first-order chi connectivity index (χ1) is 14.4. The Kier molecular flexibility index (Phi) is 6.32. The van der Waals surface area contributed by atoms with Crippen LogP contribution in [0.5, 0.6) is 0 Å². The second-order valence-corrected chi connectivity index (χ2v) is 8.94. The number of aryl methyl sites for hydroxylation is 1. The largest absolute Gasteiger partial charge is 0.394 e. The van der Waals surface area contributed by atoms with E-state index in [9.17, 15) is 19.7 Å². The average molecular weight is 429 g/mol. The molecule has 0 aliphatic carbocycles. The van der Waals surface area contributed by atoms with Gasteiger partial charge in [0.1, 0.15) is 18.0 Å². The van der Waals surface area contributed by atoms with Crippen LogP contribution < -0.4 is 0 Å². The summed E-state index contributed by atoms with van der Waals surface area (Å²) >= 11 is 1.68. The average Bonchev–Trinajstić information content (AvgIpc) is 3.20. The van der Waals surface area contributed by atoms with Crippen molar-refractivity contribution in [3.63, 3.8) is 0 Å². The van der Waals surface area contributed by atoms with Gasteiger partial charge in [-0.05, 0) is 53.4 Å². The van der Waals surface area contributed by atoms with Crippen molar-refractivity contribution in [3.05, 3.63) is 82.0 Å². The minimum atomic E-state index is -1.08. The number of thiophene rings is 1. The fourth-order valence-corrected chi connectivity index (χ4v) is 4.87. The molecule has 4 nitrogen and oxygen atoms in total. The summed E-state index contributed by atoms with van der Waals surface area (Å²) < 4.78 is 19.0. The smallest absolute Gasteiger partial charge is 0.123 e. The Bertz CT molecular complexity index is 1000. The highest BCUT2D eigenvalue weighted by Crippen LogP contribution is 2.34. The van der Waals surface area contributed by atoms with E-state index in [2.05, 4.69) is 25.1 Å². The summed E-state index contributed by atoms with van der Waals surface area (Å²) in [5.41, 5.74) is 4.24. The fourth-order valence-electron chi connectivity index (χ4n) is 3.83. The summed E-state index contributed by atoms with van der Waals surface area (Å²) in [4.78, 5) is 2.29. The minimum Gasteiger partial charge on any atom is -0.394 e. The van der Waals surface area contributed by atoms with Gasteiger partial charge >= 0.3 is 0 Å². The highest BCUT2D eigenvalue weighted by Gasteiger charge is 2.36. The van der Waals surface area contributed by atoms with Gasteiger partial charge < -0.3 is 20.1 Å². The Morgan fingerprint density at radius 1 is 1.07 bits per heavy atom. The summed E-state index contributed by atoms with van der Waals surface area (Å²) in [6.07, 6.45) is -2.13. The van der Waals surface area contributed by atoms with Crippen LogP contribution in [0, 0.1) is 12.7 Å². The SMILES string of the molecule is Cc1ccc([C@H]2CC(O)[C@H](O)C(CO)O2)cc1Cc1ccc(-c2ccc(F)cc2)s1. The van der Waals surface area contributed by atoms with Crippen LogP contribution in [0.4, 0.5) is 4.39 Å². The molecule has 0 bridgehead atoms. The highest BCUT2D eigenvalue weighted by atomic mass is 32.1. The van der Waals surface area contributed by atoms with E-state index in [0.29, 0.717) is 0 Å². The molecule has 1 fully saturated rings. The molecule has 1 aromatic heterocycles. The van der Waals surface area contributed by atoms with Gasteiger partial charge in [-0.25, -0.2) is 4.39 Å². The van der Waals surface area contributed by atoms with Gasteiger partial charge in [0.2, 0.25) is 0 Å². The number of rotatable bonds is 5. The van der Waals surface area contributed by atoms with Crippen LogP contribution in [-0.4, -0.2) is 40.2 Å². The van der Waals surface area contributed by atoms with Crippen LogP contribution >= 0.6 is 11.3 Å². The van der Waals surface area contributed by atoms with Crippen molar-refractivity contribution in [1.82, 2.24) is 0 Å². The molecule has 30 heavy (non-hydrogen) atoms. The molecule has 3 aromatic rings. The topological polar surface area (TPSA) is 69.9 Å². The Morgan fingerprint density at radius 2 is 1.83 bits per heavy atom. The van der Waals surface area contributed by atoms with E-state index in [0.717, 1.165) is 33.6 Å². The Hall–Kier alpha value is -2.09. The number of hydrogen-bond acceptors (Lipinski definition) is 5. The molecule has 6 heteroatoms. The van der Waals surface area contributed by atoms with Gasteiger partial charge in [-0.15, -0.1) is 11.3 Å². The van der Waals surface area contributed by atoms with Crippen LogP contribution in [-0.2, 0) is 11.2 Å². The monoisotopic (exact) mass is 428 g/mol. The molecule has 4 atom stereocenters. The molecule has 1 aliphatic rings. The molecule has 3 N–H and O–H groups in total. The van der Waals surface area contributed by atoms with Gasteiger partial charge in [0.25, 0.3) is 0 Å². The van der Waals surface area contributed by atoms with Gasteiger partial charge in [0.15, 0.2) is 0 Å². The van der Waals surface area contributed by atoms with Crippen LogP contribution in [0.3, 0.4) is 0 Å². The third-order valence-corrected chi connectivity index (χ3v) is 6.78. The van der Waals surface area contributed by atoms with Crippen molar-refractivity contribution >= 4 is 11.3 Å². The van der Waals surface area contributed by atoms with Crippen LogP contribution in [0.2, 0.25) is 0 Å². The summed E-state index contributed by atoms with van der Waals surface area (Å²) in [5, 5.41) is 29.5. The molecule has 0 saturated carbocycles.